The van der Waals surface area contributed by atoms with Crippen LogP contribution in [0.1, 0.15) is 10.4 Å². The summed E-state index contributed by atoms with van der Waals surface area (Å²) in [5, 5.41) is 2.77. The SMILES string of the molecule is Nc1cc2c(N)csc2cc1C=O. The number of fused-ring (bicyclic) bond motifs is 1. The molecule has 0 aliphatic heterocycles. The van der Waals surface area contributed by atoms with E-state index in [9.17, 15) is 4.79 Å². The van der Waals surface area contributed by atoms with Crippen LogP contribution in [0.4, 0.5) is 11.4 Å². The Balaban J connectivity index is 2.83. The second kappa shape index (κ2) is 2.74. The van der Waals surface area contributed by atoms with Gasteiger partial charge in [-0.15, -0.1) is 11.3 Å². The number of thiophene rings is 1. The van der Waals surface area contributed by atoms with E-state index in [0.717, 1.165) is 16.4 Å². The van der Waals surface area contributed by atoms with Gasteiger partial charge in [-0.1, -0.05) is 0 Å². The number of carbonyl (C=O) groups is 1. The van der Waals surface area contributed by atoms with E-state index in [0.29, 0.717) is 16.9 Å². The van der Waals surface area contributed by atoms with Crippen molar-refractivity contribution in [3.05, 3.63) is 23.1 Å². The van der Waals surface area contributed by atoms with Crippen molar-refractivity contribution in [1.82, 2.24) is 0 Å². The molecule has 0 amide bonds. The lowest BCUT2D eigenvalue weighted by molar-refractivity contribution is 0.112. The lowest BCUT2D eigenvalue weighted by Gasteiger charge is -1.98. The number of rotatable bonds is 1. The number of carbonyl (C=O) groups excluding carboxylic acids is 1. The fraction of sp³-hybridized carbons (Fsp3) is 0. The molecule has 1 aromatic carbocycles. The minimum absolute atomic E-state index is 0.479. The second-order valence-electron chi connectivity index (χ2n) is 2.79. The summed E-state index contributed by atoms with van der Waals surface area (Å²) >= 11 is 1.51. The quantitative estimate of drug-likeness (QED) is 0.535. The third-order valence-electron chi connectivity index (χ3n) is 1.94. The Morgan fingerprint density at radius 1 is 1.23 bits per heavy atom. The van der Waals surface area contributed by atoms with Crippen LogP contribution in [-0.4, -0.2) is 6.29 Å². The van der Waals surface area contributed by atoms with Gasteiger partial charge in [0.05, 0.1) is 5.69 Å². The fourth-order valence-electron chi connectivity index (χ4n) is 1.23. The summed E-state index contributed by atoms with van der Waals surface area (Å²) < 4.78 is 0.994. The lowest BCUT2D eigenvalue weighted by atomic mass is 10.1. The summed E-state index contributed by atoms with van der Waals surface area (Å²) in [5.41, 5.74) is 13.1. The van der Waals surface area contributed by atoms with Gasteiger partial charge in [0, 0.05) is 26.7 Å². The van der Waals surface area contributed by atoms with Crippen LogP contribution in [0, 0.1) is 0 Å². The molecule has 4 heteroatoms. The lowest BCUT2D eigenvalue weighted by Crippen LogP contribution is -1.92. The Hall–Kier alpha value is -1.55. The predicted molar refractivity (Wildman–Crippen MR) is 56.0 cm³/mol. The average Bonchev–Trinajstić information content (AvgIpc) is 2.47. The molecule has 0 radical (unpaired) electrons. The van der Waals surface area contributed by atoms with E-state index >= 15 is 0 Å². The minimum atomic E-state index is 0.479. The molecule has 2 aromatic rings. The first-order valence-corrected chi connectivity index (χ1v) is 4.61. The maximum Gasteiger partial charge on any atom is 0.152 e. The van der Waals surface area contributed by atoms with Crippen molar-refractivity contribution in [1.29, 1.82) is 0 Å². The van der Waals surface area contributed by atoms with E-state index in [1.807, 2.05) is 5.38 Å². The van der Waals surface area contributed by atoms with Gasteiger partial charge in [-0.2, -0.15) is 0 Å². The van der Waals surface area contributed by atoms with Gasteiger partial charge >= 0.3 is 0 Å². The molecular weight excluding hydrogens is 184 g/mol. The highest BCUT2D eigenvalue weighted by Crippen LogP contribution is 2.31. The minimum Gasteiger partial charge on any atom is -0.398 e. The van der Waals surface area contributed by atoms with Crippen molar-refractivity contribution >= 4 is 39.1 Å². The molecule has 0 spiro atoms. The van der Waals surface area contributed by atoms with Crippen LogP contribution in [-0.2, 0) is 0 Å². The fourth-order valence-corrected chi connectivity index (χ4v) is 2.11. The van der Waals surface area contributed by atoms with Crippen LogP contribution in [0.3, 0.4) is 0 Å². The largest absolute Gasteiger partial charge is 0.398 e. The van der Waals surface area contributed by atoms with Crippen LogP contribution in [0.25, 0.3) is 10.1 Å². The first kappa shape index (κ1) is 8.07. The molecule has 0 saturated carbocycles. The van der Waals surface area contributed by atoms with Crippen LogP contribution in [0.15, 0.2) is 17.5 Å². The monoisotopic (exact) mass is 192 g/mol. The molecular formula is C9H8N2OS. The number of hydrogen-bond acceptors (Lipinski definition) is 4. The van der Waals surface area contributed by atoms with Crippen LogP contribution in [0.5, 0.6) is 0 Å². The standard InChI is InChI=1S/C9H8N2OS/c10-7-2-6-8(11)4-13-9(6)1-5(7)3-12/h1-4H,10-11H2. The first-order valence-electron chi connectivity index (χ1n) is 3.73. The maximum atomic E-state index is 10.6. The zero-order valence-electron chi connectivity index (χ0n) is 6.78. The Kier molecular flexibility index (Phi) is 1.70. The van der Waals surface area contributed by atoms with Gasteiger partial charge in [0.15, 0.2) is 6.29 Å². The van der Waals surface area contributed by atoms with Crippen molar-refractivity contribution in [3.8, 4) is 0 Å². The summed E-state index contributed by atoms with van der Waals surface area (Å²) in [5.74, 6) is 0. The van der Waals surface area contributed by atoms with Crippen LogP contribution in [0.2, 0.25) is 0 Å². The highest BCUT2D eigenvalue weighted by molar-refractivity contribution is 7.17. The van der Waals surface area contributed by atoms with Crippen molar-refractivity contribution in [2.45, 2.75) is 0 Å². The summed E-state index contributed by atoms with van der Waals surface area (Å²) in [6.07, 6.45) is 0.755. The third kappa shape index (κ3) is 1.15. The van der Waals surface area contributed by atoms with Crippen LogP contribution >= 0.6 is 11.3 Å². The highest BCUT2D eigenvalue weighted by Gasteiger charge is 2.05. The zero-order valence-corrected chi connectivity index (χ0v) is 7.60. The smallest absolute Gasteiger partial charge is 0.152 e. The van der Waals surface area contributed by atoms with Crippen molar-refractivity contribution < 1.29 is 4.79 Å². The molecule has 4 N–H and O–H groups in total. The third-order valence-corrected chi connectivity index (χ3v) is 2.90. The average molecular weight is 192 g/mol. The highest BCUT2D eigenvalue weighted by atomic mass is 32.1. The molecule has 0 aliphatic carbocycles. The molecule has 0 bridgehead atoms. The molecule has 66 valence electrons. The molecule has 0 atom stereocenters. The number of nitrogen functional groups attached to an aromatic ring is 2. The number of benzene rings is 1. The summed E-state index contributed by atoms with van der Waals surface area (Å²) in [6, 6.07) is 3.50. The molecule has 0 unspecified atom stereocenters. The first-order chi connectivity index (χ1) is 6.22. The Morgan fingerprint density at radius 3 is 2.69 bits per heavy atom. The van der Waals surface area contributed by atoms with E-state index in [-0.39, 0.29) is 0 Å². The number of aldehydes is 1. The summed E-state index contributed by atoms with van der Waals surface area (Å²) in [4.78, 5) is 10.6. The van der Waals surface area contributed by atoms with E-state index in [2.05, 4.69) is 0 Å². The van der Waals surface area contributed by atoms with Crippen molar-refractivity contribution in [2.75, 3.05) is 11.5 Å². The predicted octanol–water partition coefficient (Wildman–Crippen LogP) is 1.88. The molecule has 1 heterocycles. The van der Waals surface area contributed by atoms with Gasteiger partial charge in [-0.3, -0.25) is 4.79 Å². The van der Waals surface area contributed by atoms with Gasteiger partial charge in [0.2, 0.25) is 0 Å². The number of anilines is 2. The Bertz CT molecular complexity index is 476. The topological polar surface area (TPSA) is 69.1 Å². The number of hydrogen-bond donors (Lipinski definition) is 2. The zero-order chi connectivity index (χ0) is 9.42. The van der Waals surface area contributed by atoms with Gasteiger partial charge in [-0.25, -0.2) is 0 Å². The summed E-state index contributed by atoms with van der Waals surface area (Å²) in [6.45, 7) is 0. The molecule has 2 rings (SSSR count). The van der Waals surface area contributed by atoms with E-state index in [1.165, 1.54) is 11.3 Å². The van der Waals surface area contributed by atoms with Gasteiger partial charge in [0.25, 0.3) is 0 Å². The maximum absolute atomic E-state index is 10.6. The Labute approximate surface area is 79.0 Å². The molecule has 3 nitrogen and oxygen atoms in total. The number of nitrogens with two attached hydrogens (primary N) is 2. The van der Waals surface area contributed by atoms with E-state index in [1.54, 1.807) is 12.1 Å². The normalized spacial score (nSPS) is 10.5. The van der Waals surface area contributed by atoms with Crippen molar-refractivity contribution in [3.63, 3.8) is 0 Å². The molecule has 0 fully saturated rings. The summed E-state index contributed by atoms with van der Waals surface area (Å²) in [7, 11) is 0. The molecule has 13 heavy (non-hydrogen) atoms. The van der Waals surface area contributed by atoms with Gasteiger partial charge in [-0.05, 0) is 12.1 Å². The van der Waals surface area contributed by atoms with Crippen LogP contribution < -0.4 is 11.5 Å². The van der Waals surface area contributed by atoms with Gasteiger partial charge < -0.3 is 11.5 Å². The Morgan fingerprint density at radius 2 is 2.00 bits per heavy atom. The van der Waals surface area contributed by atoms with E-state index < -0.39 is 0 Å². The molecule has 0 aliphatic rings. The second-order valence-corrected chi connectivity index (χ2v) is 3.70. The van der Waals surface area contributed by atoms with Gasteiger partial charge in [0.1, 0.15) is 0 Å². The molecule has 1 aromatic heterocycles. The van der Waals surface area contributed by atoms with Crippen molar-refractivity contribution in [2.24, 2.45) is 0 Å². The van der Waals surface area contributed by atoms with E-state index in [4.69, 9.17) is 11.5 Å². The molecule has 0 saturated heterocycles.